The fraction of sp³-hybridized carbons (Fsp3) is 0.533. The Balaban J connectivity index is 1.25. The summed E-state index contributed by atoms with van der Waals surface area (Å²) in [5.74, 6) is -0.214. The number of hydrogen-bond donors (Lipinski definition) is 2. The number of ether oxygens (including phenoxy) is 2. The molecule has 0 aliphatic carbocycles. The number of imidazole rings is 1. The summed E-state index contributed by atoms with van der Waals surface area (Å²) in [7, 11) is 1.69. The van der Waals surface area contributed by atoms with Crippen LogP contribution in [0.1, 0.15) is 71.8 Å². The number of benzene rings is 1. The number of carbonyl (C=O) groups excluding carboxylic acids is 1. The van der Waals surface area contributed by atoms with E-state index in [4.69, 9.17) is 20.2 Å². The lowest BCUT2D eigenvalue weighted by Crippen LogP contribution is -2.61. The summed E-state index contributed by atoms with van der Waals surface area (Å²) in [4.78, 5) is 22.6. The van der Waals surface area contributed by atoms with Crippen LogP contribution in [-0.2, 0) is 16.0 Å². The van der Waals surface area contributed by atoms with Crippen LogP contribution in [0.25, 0.3) is 5.65 Å². The van der Waals surface area contributed by atoms with Gasteiger partial charge in [0.05, 0.1) is 17.9 Å². The molecule has 3 aliphatic heterocycles. The van der Waals surface area contributed by atoms with Gasteiger partial charge in [-0.1, -0.05) is 24.3 Å². The summed E-state index contributed by atoms with van der Waals surface area (Å²) < 4.78 is 13.6. The van der Waals surface area contributed by atoms with Crippen LogP contribution in [0.5, 0.6) is 0 Å². The van der Waals surface area contributed by atoms with Crippen LogP contribution in [0.4, 0.5) is 5.69 Å². The zero-order valence-corrected chi connectivity index (χ0v) is 22.9. The number of fused-ring (bicyclic) bond motifs is 1. The number of aliphatic hydroxyl groups is 1. The minimum Gasteiger partial charge on any atom is -0.391 e. The Morgan fingerprint density at radius 2 is 2.10 bits per heavy atom. The second-order valence-electron chi connectivity index (χ2n) is 11.3. The SMILES string of the molecule is CO[C@H](C)c1cc(N2CC3(CCCO3)C2)cn2cc(C(=O)N3CCCC(c4ccccc4CN)[C@H](O)C3)nc12. The number of anilines is 1. The number of β-amino-alcohol motifs (C(OH)–C–C–N with tert-alkyl or cyclic N) is 1. The number of rotatable bonds is 6. The zero-order chi connectivity index (χ0) is 27.1. The molecule has 5 heterocycles. The van der Waals surface area contributed by atoms with Crippen molar-refractivity contribution in [1.82, 2.24) is 14.3 Å². The van der Waals surface area contributed by atoms with Crippen LogP contribution >= 0.6 is 0 Å². The Morgan fingerprint density at radius 3 is 2.85 bits per heavy atom. The maximum atomic E-state index is 13.7. The molecule has 1 unspecified atom stereocenters. The van der Waals surface area contributed by atoms with E-state index in [9.17, 15) is 9.90 Å². The van der Waals surface area contributed by atoms with Crippen LogP contribution in [-0.4, -0.2) is 76.9 Å². The molecule has 0 radical (unpaired) electrons. The average Bonchev–Trinajstić information content (AvgIpc) is 3.56. The fourth-order valence-electron chi connectivity index (χ4n) is 6.58. The molecule has 1 aromatic carbocycles. The smallest absolute Gasteiger partial charge is 0.274 e. The number of likely N-dealkylation sites (tertiary alicyclic amines) is 1. The van der Waals surface area contributed by atoms with Gasteiger partial charge in [0.15, 0.2) is 0 Å². The number of nitrogens with two attached hydrogens (primary N) is 1. The summed E-state index contributed by atoms with van der Waals surface area (Å²) in [6, 6.07) is 10.1. The van der Waals surface area contributed by atoms with E-state index < -0.39 is 6.10 Å². The van der Waals surface area contributed by atoms with Crippen molar-refractivity contribution in [2.75, 3.05) is 44.8 Å². The Bertz CT molecular complexity index is 1340. The number of aliphatic hydroxyl groups excluding tert-OH is 1. The molecule has 2 aromatic heterocycles. The van der Waals surface area contributed by atoms with Crippen molar-refractivity contribution in [3.8, 4) is 0 Å². The van der Waals surface area contributed by atoms with Crippen molar-refractivity contribution in [2.45, 2.75) is 62.9 Å². The Kier molecular flexibility index (Phi) is 7.09. The second kappa shape index (κ2) is 10.5. The third-order valence-corrected chi connectivity index (χ3v) is 8.86. The van der Waals surface area contributed by atoms with Crippen LogP contribution in [0.15, 0.2) is 42.7 Å². The van der Waals surface area contributed by atoms with Gasteiger partial charge in [-0.25, -0.2) is 4.98 Å². The third kappa shape index (κ3) is 4.82. The first-order valence-corrected chi connectivity index (χ1v) is 14.1. The van der Waals surface area contributed by atoms with E-state index in [-0.39, 0.29) is 30.1 Å². The minimum atomic E-state index is -0.673. The van der Waals surface area contributed by atoms with Crippen LogP contribution in [0.2, 0.25) is 0 Å². The van der Waals surface area contributed by atoms with Gasteiger partial charge in [-0.15, -0.1) is 0 Å². The van der Waals surface area contributed by atoms with Gasteiger partial charge in [0.25, 0.3) is 5.91 Å². The van der Waals surface area contributed by atoms with Crippen molar-refractivity contribution in [3.63, 3.8) is 0 Å². The molecule has 3 saturated heterocycles. The maximum Gasteiger partial charge on any atom is 0.274 e. The van der Waals surface area contributed by atoms with Crippen molar-refractivity contribution in [1.29, 1.82) is 0 Å². The van der Waals surface area contributed by atoms with Crippen molar-refractivity contribution in [2.24, 2.45) is 5.73 Å². The number of nitrogens with zero attached hydrogens (tertiary/aromatic N) is 4. The van der Waals surface area contributed by atoms with E-state index in [0.29, 0.717) is 24.4 Å². The predicted octanol–water partition coefficient (Wildman–Crippen LogP) is 3.25. The predicted molar refractivity (Wildman–Crippen MR) is 149 cm³/mol. The van der Waals surface area contributed by atoms with Gasteiger partial charge >= 0.3 is 0 Å². The van der Waals surface area contributed by atoms with Crippen molar-refractivity contribution < 1.29 is 19.4 Å². The number of carbonyl (C=O) groups is 1. The number of amides is 1. The zero-order valence-electron chi connectivity index (χ0n) is 22.9. The van der Waals surface area contributed by atoms with Gasteiger partial charge in [-0.2, -0.15) is 0 Å². The summed E-state index contributed by atoms with van der Waals surface area (Å²) in [5.41, 5.74) is 11.2. The number of pyridine rings is 1. The van der Waals surface area contributed by atoms with E-state index in [1.165, 1.54) is 0 Å². The fourth-order valence-corrected chi connectivity index (χ4v) is 6.58. The quantitative estimate of drug-likeness (QED) is 0.501. The van der Waals surface area contributed by atoms with Gasteiger partial charge in [0, 0.05) is 70.3 Å². The standard InChI is InChI=1S/C30H39N5O4/c1-20(38-2)25-13-22(35-18-30(19-35)10-6-12-39-30)15-34-16-26(32-28(25)34)29(37)33-11-5-9-24(27(36)17-33)23-8-4-3-7-21(23)14-31/h3-4,7-8,13,15-16,20,24,27,36H,5-6,9-12,14,17-19,31H2,1-2H3/t20-,24?,27-/m1/s1. The molecule has 9 heteroatoms. The van der Waals surface area contributed by atoms with E-state index in [2.05, 4.69) is 11.0 Å². The minimum absolute atomic E-state index is 0.00576. The first kappa shape index (κ1) is 26.3. The van der Waals surface area contributed by atoms with Crippen LogP contribution < -0.4 is 10.6 Å². The number of hydrogen-bond acceptors (Lipinski definition) is 7. The van der Waals surface area contributed by atoms with Crippen molar-refractivity contribution >= 4 is 17.2 Å². The highest BCUT2D eigenvalue weighted by Gasteiger charge is 2.46. The van der Waals surface area contributed by atoms with Crippen LogP contribution in [0, 0.1) is 0 Å². The highest BCUT2D eigenvalue weighted by atomic mass is 16.5. The lowest BCUT2D eigenvalue weighted by molar-refractivity contribution is -0.0181. The monoisotopic (exact) mass is 533 g/mol. The van der Waals surface area contributed by atoms with E-state index >= 15 is 0 Å². The molecule has 39 heavy (non-hydrogen) atoms. The molecule has 6 rings (SSSR count). The summed E-state index contributed by atoms with van der Waals surface area (Å²) in [6.07, 6.45) is 6.83. The van der Waals surface area contributed by atoms with E-state index in [0.717, 1.165) is 67.8 Å². The molecule has 0 bridgehead atoms. The average molecular weight is 534 g/mol. The molecule has 1 spiro atoms. The molecule has 1 amide bonds. The molecular weight excluding hydrogens is 494 g/mol. The molecule has 9 nitrogen and oxygen atoms in total. The Morgan fingerprint density at radius 1 is 1.28 bits per heavy atom. The second-order valence-corrected chi connectivity index (χ2v) is 11.3. The van der Waals surface area contributed by atoms with E-state index in [1.807, 2.05) is 48.0 Å². The largest absolute Gasteiger partial charge is 0.391 e. The first-order chi connectivity index (χ1) is 18.9. The van der Waals surface area contributed by atoms with Crippen molar-refractivity contribution in [3.05, 3.63) is 65.1 Å². The van der Waals surface area contributed by atoms with Crippen LogP contribution in [0.3, 0.4) is 0 Å². The first-order valence-electron chi connectivity index (χ1n) is 14.1. The summed E-state index contributed by atoms with van der Waals surface area (Å²) >= 11 is 0. The molecular formula is C30H39N5O4. The lowest BCUT2D eigenvalue weighted by Gasteiger charge is -2.48. The molecule has 3 aliphatic rings. The van der Waals surface area contributed by atoms with Gasteiger partial charge in [-0.05, 0) is 49.8 Å². The molecule has 0 saturated carbocycles. The maximum absolute atomic E-state index is 13.7. The molecule has 3 N–H and O–H groups in total. The lowest BCUT2D eigenvalue weighted by atomic mass is 9.87. The highest BCUT2D eigenvalue weighted by molar-refractivity contribution is 5.93. The molecule has 208 valence electrons. The van der Waals surface area contributed by atoms with E-state index in [1.54, 1.807) is 12.0 Å². The molecule has 3 atom stereocenters. The summed E-state index contributed by atoms with van der Waals surface area (Å²) in [6.45, 7) is 5.86. The van der Waals surface area contributed by atoms with Gasteiger partial charge in [-0.3, -0.25) is 4.79 Å². The Hall–Kier alpha value is -2.98. The van der Waals surface area contributed by atoms with Gasteiger partial charge < -0.3 is 34.5 Å². The topological polar surface area (TPSA) is 106 Å². The third-order valence-electron chi connectivity index (χ3n) is 8.86. The number of aromatic nitrogens is 2. The van der Waals surface area contributed by atoms with Gasteiger partial charge in [0.2, 0.25) is 0 Å². The molecule has 3 fully saturated rings. The summed E-state index contributed by atoms with van der Waals surface area (Å²) in [5, 5.41) is 11.2. The number of methoxy groups -OCH3 is 1. The molecule has 3 aromatic rings. The highest BCUT2D eigenvalue weighted by Crippen LogP contribution is 2.39. The normalized spacial score (nSPS) is 23.7. The Labute approximate surface area is 229 Å². The van der Waals surface area contributed by atoms with Gasteiger partial charge in [0.1, 0.15) is 16.9 Å².